The third-order valence-corrected chi connectivity index (χ3v) is 8.49. The van der Waals surface area contributed by atoms with Crippen LogP contribution in [0.4, 0.5) is 18.9 Å². The Morgan fingerprint density at radius 3 is 2.48 bits per heavy atom. The standard InChI is InChI=1S/C20H16ClF3N2O3S2/c21-13-7-5-12(6-8-13)9-18(27)25-19-26(16-10-31(28,29)11-17(16)30-19)15-4-2-1-3-14(15)20(22,23)24/h1-8,16-17H,9-11H2. The fourth-order valence-electron chi connectivity index (χ4n) is 3.69. The number of carbonyl (C=O) groups excluding carboxylic acids is 1. The topological polar surface area (TPSA) is 66.8 Å². The second kappa shape index (κ2) is 8.14. The Morgan fingerprint density at radius 1 is 1.13 bits per heavy atom. The number of rotatable bonds is 3. The molecule has 0 saturated carbocycles. The van der Waals surface area contributed by atoms with Crippen molar-refractivity contribution in [3.63, 3.8) is 0 Å². The molecule has 164 valence electrons. The van der Waals surface area contributed by atoms with Gasteiger partial charge in [-0.1, -0.05) is 47.6 Å². The minimum atomic E-state index is -4.64. The Morgan fingerprint density at radius 2 is 1.81 bits per heavy atom. The van der Waals surface area contributed by atoms with Gasteiger partial charge in [0.1, 0.15) is 0 Å². The molecule has 2 saturated heterocycles. The summed E-state index contributed by atoms with van der Waals surface area (Å²) >= 11 is 6.87. The van der Waals surface area contributed by atoms with E-state index in [4.69, 9.17) is 11.6 Å². The number of nitrogens with zero attached hydrogens (tertiary/aromatic N) is 2. The van der Waals surface area contributed by atoms with Crippen LogP contribution in [0.2, 0.25) is 5.02 Å². The SMILES string of the molecule is O=C(Cc1ccc(Cl)cc1)N=C1SC2CS(=O)(=O)CC2N1c1ccccc1C(F)(F)F. The Hall–Kier alpha value is -2.04. The second-order valence-corrected chi connectivity index (χ2v) is 11.1. The van der Waals surface area contributed by atoms with Crippen LogP contribution in [-0.4, -0.2) is 42.3 Å². The molecule has 0 radical (unpaired) electrons. The predicted molar refractivity (Wildman–Crippen MR) is 115 cm³/mol. The molecule has 4 rings (SSSR count). The largest absolute Gasteiger partial charge is 0.418 e. The van der Waals surface area contributed by atoms with Crippen molar-refractivity contribution in [3.05, 3.63) is 64.7 Å². The van der Waals surface area contributed by atoms with Crippen LogP contribution in [0.5, 0.6) is 0 Å². The second-order valence-electron chi connectivity index (χ2n) is 7.28. The van der Waals surface area contributed by atoms with Gasteiger partial charge in [-0.3, -0.25) is 4.79 Å². The molecule has 1 amide bonds. The van der Waals surface area contributed by atoms with E-state index in [0.29, 0.717) is 10.6 Å². The summed E-state index contributed by atoms with van der Waals surface area (Å²) < 4.78 is 65.2. The van der Waals surface area contributed by atoms with Gasteiger partial charge in [0.25, 0.3) is 5.91 Å². The third kappa shape index (κ3) is 4.75. The van der Waals surface area contributed by atoms with E-state index >= 15 is 0 Å². The van der Waals surface area contributed by atoms with E-state index in [1.807, 2.05) is 0 Å². The summed E-state index contributed by atoms with van der Waals surface area (Å²) in [6.07, 6.45) is -4.70. The van der Waals surface area contributed by atoms with Gasteiger partial charge in [0.2, 0.25) is 0 Å². The zero-order valence-corrected chi connectivity index (χ0v) is 18.2. The van der Waals surface area contributed by atoms with Crippen molar-refractivity contribution < 1.29 is 26.4 Å². The summed E-state index contributed by atoms with van der Waals surface area (Å²) in [7, 11) is -3.40. The van der Waals surface area contributed by atoms with Gasteiger partial charge in [-0.2, -0.15) is 18.2 Å². The van der Waals surface area contributed by atoms with Gasteiger partial charge in [0.15, 0.2) is 15.0 Å². The van der Waals surface area contributed by atoms with Crippen molar-refractivity contribution in [1.82, 2.24) is 0 Å². The molecular weight excluding hydrogens is 473 g/mol. The lowest BCUT2D eigenvalue weighted by atomic mass is 10.1. The fraction of sp³-hybridized carbons (Fsp3) is 0.300. The number of hydrogen-bond donors (Lipinski definition) is 0. The highest BCUT2D eigenvalue weighted by Gasteiger charge is 2.51. The van der Waals surface area contributed by atoms with Crippen molar-refractivity contribution >= 4 is 50.0 Å². The number of fused-ring (bicyclic) bond motifs is 1. The molecule has 31 heavy (non-hydrogen) atoms. The van der Waals surface area contributed by atoms with Crippen molar-refractivity contribution in [1.29, 1.82) is 0 Å². The van der Waals surface area contributed by atoms with Crippen molar-refractivity contribution in [2.24, 2.45) is 4.99 Å². The molecule has 0 spiro atoms. The Labute approximate surface area is 186 Å². The molecule has 5 nitrogen and oxygen atoms in total. The molecule has 2 aliphatic rings. The average Bonchev–Trinajstić information content (AvgIpc) is 3.13. The molecule has 0 bridgehead atoms. The van der Waals surface area contributed by atoms with Crippen LogP contribution < -0.4 is 4.90 Å². The molecule has 0 N–H and O–H groups in total. The number of halogens is 4. The van der Waals surface area contributed by atoms with Crippen LogP contribution in [0.15, 0.2) is 53.5 Å². The molecule has 2 aromatic rings. The average molecular weight is 489 g/mol. The molecule has 2 heterocycles. The number of hydrogen-bond acceptors (Lipinski definition) is 4. The summed E-state index contributed by atoms with van der Waals surface area (Å²) in [4.78, 5) is 17.9. The van der Waals surface area contributed by atoms with Crippen LogP contribution in [0, 0.1) is 0 Å². The van der Waals surface area contributed by atoms with Crippen molar-refractivity contribution in [3.8, 4) is 0 Å². The Kier molecular flexibility index (Phi) is 5.82. The molecule has 0 aliphatic carbocycles. The van der Waals surface area contributed by atoms with Gasteiger partial charge in [-0.15, -0.1) is 0 Å². The number of amides is 1. The lowest BCUT2D eigenvalue weighted by molar-refractivity contribution is -0.137. The summed E-state index contributed by atoms with van der Waals surface area (Å²) in [5.41, 5.74) is -0.449. The molecule has 0 aromatic heterocycles. The van der Waals surface area contributed by atoms with Crippen LogP contribution in [0.25, 0.3) is 0 Å². The van der Waals surface area contributed by atoms with E-state index in [1.165, 1.54) is 23.1 Å². The minimum Gasteiger partial charge on any atom is -0.315 e. The zero-order valence-electron chi connectivity index (χ0n) is 15.8. The first-order chi connectivity index (χ1) is 14.5. The number of aliphatic imine (C=N–C) groups is 1. The van der Waals surface area contributed by atoms with Crippen LogP contribution in [0.3, 0.4) is 0 Å². The van der Waals surface area contributed by atoms with Crippen LogP contribution in [0.1, 0.15) is 11.1 Å². The zero-order chi connectivity index (χ0) is 22.4. The van der Waals surface area contributed by atoms with E-state index in [-0.39, 0.29) is 28.8 Å². The van der Waals surface area contributed by atoms with Gasteiger partial charge in [-0.25, -0.2) is 8.42 Å². The quantitative estimate of drug-likeness (QED) is 0.647. The lowest BCUT2D eigenvalue weighted by Gasteiger charge is -2.27. The summed E-state index contributed by atoms with van der Waals surface area (Å²) in [6.45, 7) is 0. The van der Waals surface area contributed by atoms with Gasteiger partial charge in [0, 0.05) is 10.3 Å². The summed E-state index contributed by atoms with van der Waals surface area (Å²) in [6, 6.07) is 10.8. The molecule has 2 atom stereocenters. The van der Waals surface area contributed by atoms with Crippen LogP contribution >= 0.6 is 23.4 Å². The van der Waals surface area contributed by atoms with E-state index in [2.05, 4.69) is 4.99 Å². The normalized spacial score (nSPS) is 23.9. The molecule has 2 aliphatic heterocycles. The lowest BCUT2D eigenvalue weighted by Crippen LogP contribution is -2.39. The van der Waals surface area contributed by atoms with Crippen molar-refractivity contribution in [2.45, 2.75) is 23.9 Å². The molecule has 2 aromatic carbocycles. The van der Waals surface area contributed by atoms with Gasteiger partial charge in [0.05, 0.1) is 35.2 Å². The minimum absolute atomic E-state index is 0.0520. The van der Waals surface area contributed by atoms with Gasteiger partial charge < -0.3 is 4.90 Å². The highest BCUT2D eigenvalue weighted by molar-refractivity contribution is 8.16. The number of alkyl halides is 3. The monoisotopic (exact) mass is 488 g/mol. The maximum atomic E-state index is 13.6. The molecule has 2 unspecified atom stereocenters. The van der Waals surface area contributed by atoms with E-state index in [0.717, 1.165) is 17.8 Å². The maximum absolute atomic E-state index is 13.6. The van der Waals surface area contributed by atoms with Gasteiger partial charge in [-0.05, 0) is 29.8 Å². The predicted octanol–water partition coefficient (Wildman–Crippen LogP) is 4.20. The van der Waals surface area contributed by atoms with Gasteiger partial charge >= 0.3 is 6.18 Å². The third-order valence-electron chi connectivity index (χ3n) is 5.02. The van der Waals surface area contributed by atoms with Crippen molar-refractivity contribution in [2.75, 3.05) is 16.4 Å². The number of sulfone groups is 1. The fourth-order valence-corrected chi connectivity index (χ4v) is 7.74. The molecular formula is C20H16ClF3N2O3S2. The van der Waals surface area contributed by atoms with E-state index in [9.17, 15) is 26.4 Å². The smallest absolute Gasteiger partial charge is 0.315 e. The first kappa shape index (κ1) is 22.2. The number of thioether (sulfide) groups is 1. The highest BCUT2D eigenvalue weighted by atomic mass is 35.5. The number of para-hydroxylation sites is 1. The number of anilines is 1. The van der Waals surface area contributed by atoms with E-state index < -0.39 is 38.8 Å². The summed E-state index contributed by atoms with van der Waals surface area (Å²) in [5, 5.41) is 0.103. The highest BCUT2D eigenvalue weighted by Crippen LogP contribution is 2.45. The summed E-state index contributed by atoms with van der Waals surface area (Å²) in [5.74, 6) is -0.999. The number of amidine groups is 1. The maximum Gasteiger partial charge on any atom is 0.418 e. The Bertz CT molecular complexity index is 1150. The molecule has 11 heteroatoms. The molecule has 2 fully saturated rings. The first-order valence-corrected chi connectivity index (χ1v) is 12.3. The first-order valence-electron chi connectivity index (χ1n) is 9.22. The van der Waals surface area contributed by atoms with E-state index in [1.54, 1.807) is 24.3 Å². The number of benzene rings is 2. The van der Waals surface area contributed by atoms with Crippen LogP contribution in [-0.2, 0) is 27.2 Å². The Balaban J connectivity index is 1.71. The number of carbonyl (C=O) groups is 1.